The van der Waals surface area contributed by atoms with Crippen molar-refractivity contribution in [1.82, 2.24) is 9.55 Å². The monoisotopic (exact) mass is 377 g/mol. The fraction of sp³-hybridized carbons (Fsp3) is 0.118. The van der Waals surface area contributed by atoms with Crippen LogP contribution >= 0.6 is 11.8 Å². The number of rotatable bonds is 5. The van der Waals surface area contributed by atoms with Crippen molar-refractivity contribution in [1.29, 1.82) is 0 Å². The van der Waals surface area contributed by atoms with Gasteiger partial charge in [-0.1, -0.05) is 36.0 Å². The van der Waals surface area contributed by atoms with E-state index >= 15 is 0 Å². The average molecular weight is 377 g/mol. The number of nitrogens with one attached hydrogen (secondary N) is 2. The maximum atomic E-state index is 12.6. The number of fused-ring (bicyclic) bond motifs is 1. The lowest BCUT2D eigenvalue weighted by atomic mass is 10.2. The number of aromatic amines is 1. The molecule has 1 aromatic heterocycles. The largest absolute Gasteiger partial charge is 0.329 e. The van der Waals surface area contributed by atoms with Crippen molar-refractivity contribution >= 4 is 34.3 Å². The van der Waals surface area contributed by atoms with E-state index in [9.17, 15) is 23.2 Å². The van der Waals surface area contributed by atoms with Crippen LogP contribution in [0.25, 0.3) is 10.9 Å². The highest BCUT2D eigenvalue weighted by atomic mass is 32.2. The van der Waals surface area contributed by atoms with E-state index in [1.54, 1.807) is 30.3 Å². The zero-order valence-corrected chi connectivity index (χ0v) is 14.1. The number of carbonyl (C=O) groups excluding carboxylic acids is 1. The smallest absolute Gasteiger partial charge is 0.324 e. The molecule has 134 valence electrons. The van der Waals surface area contributed by atoms with Crippen LogP contribution < -0.4 is 16.6 Å². The number of carbonyl (C=O) groups is 1. The quantitative estimate of drug-likeness (QED) is 0.670. The second kappa shape index (κ2) is 7.52. The van der Waals surface area contributed by atoms with Crippen molar-refractivity contribution in [2.24, 2.45) is 0 Å². The molecule has 0 radical (unpaired) electrons. The predicted molar refractivity (Wildman–Crippen MR) is 95.8 cm³/mol. The van der Waals surface area contributed by atoms with Gasteiger partial charge in [-0.15, -0.1) is 0 Å². The van der Waals surface area contributed by atoms with Gasteiger partial charge in [-0.05, 0) is 24.3 Å². The van der Waals surface area contributed by atoms with E-state index in [4.69, 9.17) is 0 Å². The molecule has 0 aliphatic rings. The normalized spacial score (nSPS) is 11.0. The standard InChI is InChI=1S/C17H13F2N3O3S/c18-16(19)26-13-8-4-3-7-12(13)20-14(23)9-22-15(24)10-5-1-2-6-11(10)21-17(22)25/h1-8,16H,9H2,(H,20,23)(H,21,25). The van der Waals surface area contributed by atoms with Gasteiger partial charge in [0, 0.05) is 4.90 Å². The molecule has 0 unspecified atom stereocenters. The molecule has 3 rings (SSSR count). The Bertz CT molecular complexity index is 1080. The number of anilines is 1. The molecule has 9 heteroatoms. The van der Waals surface area contributed by atoms with E-state index < -0.39 is 29.5 Å². The van der Waals surface area contributed by atoms with E-state index in [0.717, 1.165) is 4.57 Å². The Hall–Kier alpha value is -2.94. The van der Waals surface area contributed by atoms with E-state index in [1.807, 2.05) is 0 Å². The summed E-state index contributed by atoms with van der Waals surface area (Å²) in [5, 5.41) is 2.73. The Kier molecular flexibility index (Phi) is 5.17. The molecular weight excluding hydrogens is 364 g/mol. The summed E-state index contributed by atoms with van der Waals surface area (Å²) in [7, 11) is 0. The van der Waals surface area contributed by atoms with Crippen LogP contribution in [0, 0.1) is 0 Å². The third-order valence-corrected chi connectivity index (χ3v) is 4.36. The van der Waals surface area contributed by atoms with Crippen molar-refractivity contribution in [2.45, 2.75) is 17.2 Å². The lowest BCUT2D eigenvalue weighted by Crippen LogP contribution is -2.38. The van der Waals surface area contributed by atoms with Gasteiger partial charge in [0.15, 0.2) is 0 Å². The van der Waals surface area contributed by atoms with Crippen LogP contribution in [-0.2, 0) is 11.3 Å². The van der Waals surface area contributed by atoms with Crippen molar-refractivity contribution in [2.75, 3.05) is 5.32 Å². The molecule has 0 atom stereocenters. The average Bonchev–Trinajstić information content (AvgIpc) is 2.60. The molecule has 0 aliphatic heterocycles. The summed E-state index contributed by atoms with van der Waals surface area (Å²) in [6, 6.07) is 12.5. The van der Waals surface area contributed by atoms with Crippen molar-refractivity contribution < 1.29 is 13.6 Å². The minimum absolute atomic E-state index is 0.188. The molecule has 3 aromatic rings. The summed E-state index contributed by atoms with van der Waals surface area (Å²) >= 11 is 0.297. The lowest BCUT2D eigenvalue weighted by molar-refractivity contribution is -0.116. The van der Waals surface area contributed by atoms with Crippen molar-refractivity contribution in [3.05, 3.63) is 69.4 Å². The van der Waals surface area contributed by atoms with Gasteiger partial charge in [-0.2, -0.15) is 8.78 Å². The first-order valence-electron chi connectivity index (χ1n) is 7.51. The van der Waals surface area contributed by atoms with E-state index in [0.29, 0.717) is 17.3 Å². The molecule has 26 heavy (non-hydrogen) atoms. The molecule has 2 aromatic carbocycles. The van der Waals surface area contributed by atoms with Crippen LogP contribution in [-0.4, -0.2) is 21.2 Å². The van der Waals surface area contributed by atoms with Gasteiger partial charge in [-0.3, -0.25) is 14.2 Å². The first-order chi connectivity index (χ1) is 12.5. The summed E-state index contributed by atoms with van der Waals surface area (Å²) in [4.78, 5) is 39.4. The Balaban J connectivity index is 1.87. The summed E-state index contributed by atoms with van der Waals surface area (Å²) in [6.07, 6.45) is 0. The maximum Gasteiger partial charge on any atom is 0.329 e. The molecule has 1 amide bonds. The number of H-pyrrole nitrogens is 1. The van der Waals surface area contributed by atoms with E-state index in [-0.39, 0.29) is 16.0 Å². The zero-order chi connectivity index (χ0) is 18.7. The molecule has 0 saturated heterocycles. The van der Waals surface area contributed by atoms with Crippen molar-refractivity contribution in [3.8, 4) is 0 Å². The van der Waals surface area contributed by atoms with Crippen LogP contribution in [0.15, 0.2) is 63.0 Å². The van der Waals surface area contributed by atoms with E-state index in [1.165, 1.54) is 18.2 Å². The van der Waals surface area contributed by atoms with Crippen molar-refractivity contribution in [3.63, 3.8) is 0 Å². The Morgan fingerprint density at radius 3 is 2.58 bits per heavy atom. The Morgan fingerprint density at radius 1 is 1.12 bits per heavy atom. The molecule has 0 fully saturated rings. The molecule has 6 nitrogen and oxygen atoms in total. The first-order valence-corrected chi connectivity index (χ1v) is 8.39. The van der Waals surface area contributed by atoms with Crippen LogP contribution in [0.1, 0.15) is 0 Å². The minimum atomic E-state index is -2.64. The molecule has 0 saturated carbocycles. The lowest BCUT2D eigenvalue weighted by Gasteiger charge is -2.11. The summed E-state index contributed by atoms with van der Waals surface area (Å²) < 4.78 is 26.0. The number of hydrogen-bond acceptors (Lipinski definition) is 4. The molecule has 1 heterocycles. The van der Waals surface area contributed by atoms with Crippen LogP contribution in [0.5, 0.6) is 0 Å². The van der Waals surface area contributed by atoms with Gasteiger partial charge < -0.3 is 10.3 Å². The second-order valence-electron chi connectivity index (χ2n) is 5.29. The summed E-state index contributed by atoms with van der Waals surface area (Å²) in [5.41, 5.74) is -0.764. The fourth-order valence-corrected chi connectivity index (χ4v) is 3.04. The molecule has 0 spiro atoms. The van der Waals surface area contributed by atoms with Gasteiger partial charge in [0.25, 0.3) is 11.3 Å². The maximum absolute atomic E-state index is 12.6. The second-order valence-corrected chi connectivity index (χ2v) is 6.32. The third-order valence-electron chi connectivity index (χ3n) is 3.57. The van der Waals surface area contributed by atoms with Crippen LogP contribution in [0.3, 0.4) is 0 Å². The minimum Gasteiger partial charge on any atom is -0.324 e. The zero-order valence-electron chi connectivity index (χ0n) is 13.2. The van der Waals surface area contributed by atoms with E-state index in [2.05, 4.69) is 10.3 Å². The fourth-order valence-electron chi connectivity index (χ4n) is 2.44. The number of nitrogens with zero attached hydrogens (tertiary/aromatic N) is 1. The first kappa shape index (κ1) is 17.9. The topological polar surface area (TPSA) is 84.0 Å². The SMILES string of the molecule is O=C(Cn1c(=O)[nH]c2ccccc2c1=O)Nc1ccccc1SC(F)F. The number of halogens is 2. The molecular formula is C17H13F2N3O3S. The number of aromatic nitrogens is 2. The van der Waals surface area contributed by atoms with Gasteiger partial charge >= 0.3 is 5.69 Å². The number of alkyl halides is 2. The molecule has 0 bridgehead atoms. The Morgan fingerprint density at radius 2 is 1.81 bits per heavy atom. The predicted octanol–water partition coefficient (Wildman–Crippen LogP) is 2.64. The molecule has 0 aliphatic carbocycles. The number of benzene rings is 2. The highest BCUT2D eigenvalue weighted by molar-refractivity contribution is 7.99. The number of para-hydroxylation sites is 2. The Labute approximate surface area is 149 Å². The number of thioether (sulfide) groups is 1. The highest BCUT2D eigenvalue weighted by Crippen LogP contribution is 2.31. The van der Waals surface area contributed by atoms with Crippen LogP contribution in [0.4, 0.5) is 14.5 Å². The summed E-state index contributed by atoms with van der Waals surface area (Å²) in [5.74, 6) is -3.31. The van der Waals surface area contributed by atoms with Crippen LogP contribution in [0.2, 0.25) is 0 Å². The van der Waals surface area contributed by atoms with Gasteiger partial charge in [0.05, 0.1) is 16.6 Å². The van der Waals surface area contributed by atoms with Gasteiger partial charge in [0.1, 0.15) is 6.54 Å². The number of amides is 1. The highest BCUT2D eigenvalue weighted by Gasteiger charge is 2.14. The van der Waals surface area contributed by atoms with Gasteiger partial charge in [-0.25, -0.2) is 4.79 Å². The third kappa shape index (κ3) is 3.83. The molecule has 2 N–H and O–H groups in total. The number of hydrogen-bond donors (Lipinski definition) is 2. The van der Waals surface area contributed by atoms with Gasteiger partial charge in [0.2, 0.25) is 5.91 Å². The summed E-state index contributed by atoms with van der Waals surface area (Å²) in [6.45, 7) is -0.535.